The van der Waals surface area contributed by atoms with Crippen LogP contribution in [0.2, 0.25) is 0 Å². The molecule has 3 rings (SSSR count). The lowest BCUT2D eigenvalue weighted by atomic mass is 10.0. The molecule has 0 aliphatic carbocycles. The van der Waals surface area contributed by atoms with Crippen LogP contribution in [0.3, 0.4) is 0 Å². The molecule has 0 saturated carbocycles. The van der Waals surface area contributed by atoms with Gasteiger partial charge in [-0.25, -0.2) is 8.78 Å². The number of carbonyl (C=O) groups is 1. The van der Waals surface area contributed by atoms with Crippen molar-refractivity contribution < 1.29 is 23.0 Å². The molecular formula is C20H22F2N2O3. The number of methoxy groups -OCH3 is 1. The first-order valence-electron chi connectivity index (χ1n) is 8.80. The molecule has 0 radical (unpaired) electrons. The Bertz CT molecular complexity index is 808. The summed E-state index contributed by atoms with van der Waals surface area (Å²) in [6, 6.07) is 8.43. The fourth-order valence-electron chi connectivity index (χ4n) is 2.97. The molecule has 1 aliphatic rings. The number of nitrogens with zero attached hydrogens (tertiary/aromatic N) is 1. The van der Waals surface area contributed by atoms with Gasteiger partial charge in [-0.1, -0.05) is 6.07 Å². The third-order valence-corrected chi connectivity index (χ3v) is 4.52. The number of benzene rings is 2. The van der Waals surface area contributed by atoms with Crippen molar-refractivity contribution in [3.05, 3.63) is 53.6 Å². The van der Waals surface area contributed by atoms with E-state index in [2.05, 4.69) is 10.2 Å². The highest BCUT2D eigenvalue weighted by atomic mass is 19.1. The van der Waals surface area contributed by atoms with Gasteiger partial charge in [-0.05, 0) is 29.8 Å². The number of hydrogen-bond acceptors (Lipinski definition) is 4. The van der Waals surface area contributed by atoms with Crippen molar-refractivity contribution in [3.8, 4) is 16.9 Å². The van der Waals surface area contributed by atoms with Gasteiger partial charge in [0.05, 0.1) is 25.9 Å². The van der Waals surface area contributed by atoms with Gasteiger partial charge in [0.1, 0.15) is 17.4 Å². The summed E-state index contributed by atoms with van der Waals surface area (Å²) in [5, 5.41) is 2.72. The zero-order valence-corrected chi connectivity index (χ0v) is 15.1. The molecule has 1 aliphatic heterocycles. The van der Waals surface area contributed by atoms with Crippen molar-refractivity contribution in [2.45, 2.75) is 0 Å². The Morgan fingerprint density at radius 2 is 1.93 bits per heavy atom. The molecule has 0 spiro atoms. The predicted octanol–water partition coefficient (Wildman–Crippen LogP) is 2.70. The van der Waals surface area contributed by atoms with Crippen molar-refractivity contribution in [3.63, 3.8) is 0 Å². The first-order valence-corrected chi connectivity index (χ1v) is 8.80. The monoisotopic (exact) mass is 376 g/mol. The van der Waals surface area contributed by atoms with E-state index in [0.717, 1.165) is 13.1 Å². The predicted molar refractivity (Wildman–Crippen MR) is 97.9 cm³/mol. The van der Waals surface area contributed by atoms with Gasteiger partial charge in [0, 0.05) is 37.8 Å². The Kier molecular flexibility index (Phi) is 6.36. The molecule has 144 valence electrons. The molecule has 27 heavy (non-hydrogen) atoms. The number of carbonyl (C=O) groups excluding carboxylic acids is 1. The van der Waals surface area contributed by atoms with E-state index in [4.69, 9.17) is 9.47 Å². The van der Waals surface area contributed by atoms with Gasteiger partial charge in [-0.15, -0.1) is 0 Å². The molecule has 0 unspecified atom stereocenters. The SMILES string of the molecule is COc1ccc(-c2ccc(C(=O)NCCN3CCOCC3)c(F)c2)c(F)c1. The van der Waals surface area contributed by atoms with E-state index in [0.29, 0.717) is 37.6 Å². The molecule has 5 nitrogen and oxygen atoms in total. The van der Waals surface area contributed by atoms with Crippen molar-refractivity contribution in [2.75, 3.05) is 46.5 Å². The highest BCUT2D eigenvalue weighted by Gasteiger charge is 2.15. The summed E-state index contributed by atoms with van der Waals surface area (Å²) in [6.07, 6.45) is 0. The van der Waals surface area contributed by atoms with Gasteiger partial charge in [-0.3, -0.25) is 9.69 Å². The Labute approximate surface area is 156 Å². The highest BCUT2D eigenvalue weighted by Crippen LogP contribution is 2.27. The van der Waals surface area contributed by atoms with E-state index in [1.807, 2.05) is 0 Å². The van der Waals surface area contributed by atoms with Crippen LogP contribution in [-0.4, -0.2) is 57.3 Å². The Balaban J connectivity index is 1.64. The molecule has 1 heterocycles. The first kappa shape index (κ1) is 19.3. The molecule has 2 aromatic rings. The maximum Gasteiger partial charge on any atom is 0.254 e. The van der Waals surface area contributed by atoms with Gasteiger partial charge >= 0.3 is 0 Å². The smallest absolute Gasteiger partial charge is 0.254 e. The Morgan fingerprint density at radius 1 is 1.15 bits per heavy atom. The van der Waals surface area contributed by atoms with Crippen LogP contribution in [0.25, 0.3) is 11.1 Å². The minimum absolute atomic E-state index is 0.0605. The zero-order valence-electron chi connectivity index (χ0n) is 15.1. The fraction of sp³-hybridized carbons (Fsp3) is 0.350. The van der Waals surface area contributed by atoms with Crippen molar-refractivity contribution in [2.24, 2.45) is 0 Å². The first-order chi connectivity index (χ1) is 13.1. The van der Waals surface area contributed by atoms with E-state index in [9.17, 15) is 13.6 Å². The molecule has 7 heteroatoms. The van der Waals surface area contributed by atoms with Gasteiger partial charge in [0.15, 0.2) is 0 Å². The lowest BCUT2D eigenvalue weighted by Gasteiger charge is -2.26. The van der Waals surface area contributed by atoms with Crippen LogP contribution in [0, 0.1) is 11.6 Å². The number of morpholine rings is 1. The number of ether oxygens (including phenoxy) is 2. The zero-order chi connectivity index (χ0) is 19.2. The van der Waals surface area contributed by atoms with Gasteiger partial charge in [0.2, 0.25) is 0 Å². The molecule has 0 atom stereocenters. The minimum atomic E-state index is -0.688. The van der Waals surface area contributed by atoms with Crippen LogP contribution >= 0.6 is 0 Å². The highest BCUT2D eigenvalue weighted by molar-refractivity contribution is 5.95. The van der Waals surface area contributed by atoms with Gasteiger partial charge in [-0.2, -0.15) is 0 Å². The second-order valence-electron chi connectivity index (χ2n) is 6.25. The molecule has 2 aromatic carbocycles. The van der Waals surface area contributed by atoms with Crippen LogP contribution in [0.15, 0.2) is 36.4 Å². The molecule has 1 saturated heterocycles. The molecular weight excluding hydrogens is 354 g/mol. The normalized spacial score (nSPS) is 14.8. The molecule has 0 bridgehead atoms. The molecule has 1 fully saturated rings. The second-order valence-corrected chi connectivity index (χ2v) is 6.25. The topological polar surface area (TPSA) is 50.8 Å². The van der Waals surface area contributed by atoms with Gasteiger partial charge in [0.25, 0.3) is 5.91 Å². The molecule has 1 amide bonds. The summed E-state index contributed by atoms with van der Waals surface area (Å²) in [6.45, 7) is 4.13. The quantitative estimate of drug-likeness (QED) is 0.842. The Morgan fingerprint density at radius 3 is 2.59 bits per heavy atom. The largest absolute Gasteiger partial charge is 0.497 e. The van der Waals surface area contributed by atoms with E-state index in [1.165, 1.54) is 37.4 Å². The number of rotatable bonds is 6. The lowest BCUT2D eigenvalue weighted by molar-refractivity contribution is 0.0383. The summed E-state index contributed by atoms with van der Waals surface area (Å²) in [5.74, 6) is -1.31. The third-order valence-electron chi connectivity index (χ3n) is 4.52. The van der Waals surface area contributed by atoms with Crippen LogP contribution in [0.5, 0.6) is 5.75 Å². The number of halogens is 2. The van der Waals surface area contributed by atoms with Crippen LogP contribution in [0.1, 0.15) is 10.4 Å². The summed E-state index contributed by atoms with van der Waals surface area (Å²) in [5.41, 5.74) is 0.543. The standard InChI is InChI=1S/C20H22F2N2O3/c1-26-15-3-5-16(19(22)13-15)14-2-4-17(18(21)12-14)20(25)23-6-7-24-8-10-27-11-9-24/h2-5,12-13H,6-11H2,1H3,(H,23,25). The lowest BCUT2D eigenvalue weighted by Crippen LogP contribution is -2.41. The van der Waals surface area contributed by atoms with Crippen LogP contribution in [-0.2, 0) is 4.74 Å². The van der Waals surface area contributed by atoms with Crippen molar-refractivity contribution in [1.29, 1.82) is 0 Å². The maximum absolute atomic E-state index is 14.4. The maximum atomic E-state index is 14.4. The van der Waals surface area contributed by atoms with E-state index < -0.39 is 17.5 Å². The average molecular weight is 376 g/mol. The fourth-order valence-corrected chi connectivity index (χ4v) is 2.97. The summed E-state index contributed by atoms with van der Waals surface area (Å²) < 4.78 is 38.8. The van der Waals surface area contributed by atoms with Crippen molar-refractivity contribution in [1.82, 2.24) is 10.2 Å². The van der Waals surface area contributed by atoms with E-state index in [-0.39, 0.29) is 11.1 Å². The number of amides is 1. The number of hydrogen-bond donors (Lipinski definition) is 1. The van der Waals surface area contributed by atoms with E-state index in [1.54, 1.807) is 6.07 Å². The van der Waals surface area contributed by atoms with Crippen molar-refractivity contribution >= 4 is 5.91 Å². The second kappa shape index (κ2) is 8.92. The van der Waals surface area contributed by atoms with Crippen LogP contribution < -0.4 is 10.1 Å². The van der Waals surface area contributed by atoms with Gasteiger partial charge < -0.3 is 14.8 Å². The number of nitrogens with one attached hydrogen (secondary N) is 1. The Hall–Kier alpha value is -2.51. The summed E-state index contributed by atoms with van der Waals surface area (Å²) in [4.78, 5) is 14.4. The summed E-state index contributed by atoms with van der Waals surface area (Å²) in [7, 11) is 1.45. The minimum Gasteiger partial charge on any atom is -0.497 e. The average Bonchev–Trinajstić information content (AvgIpc) is 2.68. The van der Waals surface area contributed by atoms with E-state index >= 15 is 0 Å². The molecule has 1 N–H and O–H groups in total. The summed E-state index contributed by atoms with van der Waals surface area (Å²) >= 11 is 0. The third kappa shape index (κ3) is 4.81. The van der Waals surface area contributed by atoms with Crippen LogP contribution in [0.4, 0.5) is 8.78 Å². The molecule has 0 aromatic heterocycles.